The van der Waals surface area contributed by atoms with Crippen molar-refractivity contribution >= 4 is 23.4 Å². The second-order valence-corrected chi connectivity index (χ2v) is 8.02. The summed E-state index contributed by atoms with van der Waals surface area (Å²) in [4.78, 5) is 14.4. The fourth-order valence-electron chi connectivity index (χ4n) is 3.13. The Morgan fingerprint density at radius 3 is 2.62 bits per heavy atom. The zero-order chi connectivity index (χ0) is 24.8. The van der Waals surface area contributed by atoms with Crippen LogP contribution in [0.5, 0.6) is 5.75 Å². The number of allylic oxidation sites excluding steroid dienone is 6. The zero-order valence-electron chi connectivity index (χ0n) is 20.1. The molecule has 0 aromatic heterocycles. The number of benzene rings is 2. The van der Waals surface area contributed by atoms with E-state index in [0.29, 0.717) is 10.8 Å². The highest BCUT2D eigenvalue weighted by Gasteiger charge is 2.05. The molecule has 0 aliphatic carbocycles. The van der Waals surface area contributed by atoms with Crippen LogP contribution in [-0.4, -0.2) is 12.8 Å². The molecule has 0 saturated carbocycles. The van der Waals surface area contributed by atoms with Crippen LogP contribution in [0, 0.1) is 0 Å². The molecule has 0 atom stereocenters. The molecule has 0 unspecified atom stereocenters. The van der Waals surface area contributed by atoms with Crippen molar-refractivity contribution in [3.8, 4) is 5.75 Å². The van der Waals surface area contributed by atoms with E-state index >= 15 is 0 Å². The Hall–Kier alpha value is -3.18. The van der Waals surface area contributed by atoms with Crippen molar-refractivity contribution in [1.29, 1.82) is 0 Å². The highest BCUT2D eigenvalue weighted by Crippen LogP contribution is 2.21. The van der Waals surface area contributed by atoms with Gasteiger partial charge in [0, 0.05) is 5.03 Å². The van der Waals surface area contributed by atoms with Gasteiger partial charge in [-0.1, -0.05) is 79.4 Å². The third kappa shape index (κ3) is 9.36. The lowest BCUT2D eigenvalue weighted by Crippen LogP contribution is -1.99. The summed E-state index contributed by atoms with van der Waals surface area (Å²) in [5.74, 6) is 0.663. The SMILES string of the molecule is C=CC(/C=C/c1cccc(CCCc2ccccc2OOOC)c1)=N/C(=C/C(Cl)=C\C)C(=C)C. The van der Waals surface area contributed by atoms with Gasteiger partial charge in [-0.05, 0) is 84.7 Å². The van der Waals surface area contributed by atoms with Crippen molar-refractivity contribution in [3.05, 3.63) is 119 Å². The first-order valence-electron chi connectivity index (χ1n) is 11.1. The second-order valence-electron chi connectivity index (χ2n) is 7.58. The van der Waals surface area contributed by atoms with E-state index in [1.54, 1.807) is 12.2 Å². The van der Waals surface area contributed by atoms with Gasteiger partial charge in [-0.3, -0.25) is 0 Å². The Morgan fingerprint density at radius 2 is 1.91 bits per heavy atom. The molecule has 0 fully saturated rings. The van der Waals surface area contributed by atoms with E-state index < -0.39 is 0 Å². The van der Waals surface area contributed by atoms with E-state index in [-0.39, 0.29) is 0 Å². The largest absolute Gasteiger partial charge is 0.308 e. The van der Waals surface area contributed by atoms with Crippen molar-refractivity contribution in [2.24, 2.45) is 4.99 Å². The Bertz CT molecular complexity index is 1100. The number of halogens is 1. The van der Waals surface area contributed by atoms with Gasteiger partial charge in [0.25, 0.3) is 0 Å². The Morgan fingerprint density at radius 1 is 1.12 bits per heavy atom. The van der Waals surface area contributed by atoms with Crippen molar-refractivity contribution in [3.63, 3.8) is 0 Å². The summed E-state index contributed by atoms with van der Waals surface area (Å²) < 4.78 is 0. The first-order chi connectivity index (χ1) is 16.5. The molecular formula is C29H32ClNO3. The van der Waals surface area contributed by atoms with Gasteiger partial charge >= 0.3 is 0 Å². The molecule has 34 heavy (non-hydrogen) atoms. The first-order valence-corrected chi connectivity index (χ1v) is 11.5. The number of aliphatic imine (C=N–C) groups is 1. The molecule has 0 saturated heterocycles. The molecule has 0 aliphatic rings. The molecule has 0 N–H and O–H groups in total. The maximum atomic E-state index is 6.14. The van der Waals surface area contributed by atoms with Crippen molar-refractivity contribution in [2.75, 3.05) is 7.11 Å². The van der Waals surface area contributed by atoms with E-state index in [1.807, 2.05) is 56.3 Å². The maximum absolute atomic E-state index is 6.14. The molecular weight excluding hydrogens is 446 g/mol. The van der Waals surface area contributed by atoms with Gasteiger partial charge in [0.1, 0.15) is 0 Å². The number of nitrogens with zero attached hydrogens (tertiary/aromatic N) is 1. The predicted molar refractivity (Wildman–Crippen MR) is 143 cm³/mol. The van der Waals surface area contributed by atoms with Gasteiger partial charge in [-0.15, -0.1) is 0 Å². The molecule has 178 valence electrons. The summed E-state index contributed by atoms with van der Waals surface area (Å²) in [6.45, 7) is 11.7. The highest BCUT2D eigenvalue weighted by molar-refractivity contribution is 6.31. The van der Waals surface area contributed by atoms with Crippen LogP contribution in [0.25, 0.3) is 6.08 Å². The van der Waals surface area contributed by atoms with Gasteiger partial charge in [0.05, 0.1) is 18.5 Å². The molecule has 0 radical (unpaired) electrons. The average Bonchev–Trinajstić information content (AvgIpc) is 2.85. The molecule has 2 rings (SSSR count). The van der Waals surface area contributed by atoms with Crippen LogP contribution in [0.2, 0.25) is 0 Å². The fraction of sp³-hybridized carbons (Fsp3) is 0.207. The van der Waals surface area contributed by atoms with Crippen molar-refractivity contribution < 1.29 is 14.8 Å². The van der Waals surface area contributed by atoms with Crippen molar-refractivity contribution in [2.45, 2.75) is 33.1 Å². The first kappa shape index (κ1) is 27.1. The number of hydrogen-bond acceptors (Lipinski definition) is 4. The lowest BCUT2D eigenvalue weighted by molar-refractivity contribution is -0.453. The van der Waals surface area contributed by atoms with Gasteiger partial charge in [0.15, 0.2) is 5.75 Å². The smallest absolute Gasteiger partial charge is 0.171 e. The Kier molecular flexibility index (Phi) is 11.8. The Balaban J connectivity index is 2.07. The molecule has 5 heteroatoms. The molecule has 4 nitrogen and oxygen atoms in total. The summed E-state index contributed by atoms with van der Waals surface area (Å²) in [5, 5.41) is 5.23. The number of hydrogen-bond donors (Lipinski definition) is 0. The molecule has 0 bridgehead atoms. The van der Waals surface area contributed by atoms with Crippen LogP contribution in [0.3, 0.4) is 0 Å². The minimum absolute atomic E-state index is 0.613. The highest BCUT2D eigenvalue weighted by atomic mass is 35.5. The lowest BCUT2D eigenvalue weighted by Gasteiger charge is -2.08. The van der Waals surface area contributed by atoms with E-state index in [4.69, 9.17) is 16.5 Å². The van der Waals surface area contributed by atoms with Crippen LogP contribution in [0.15, 0.2) is 107 Å². The predicted octanol–water partition coefficient (Wildman–Crippen LogP) is 7.98. The summed E-state index contributed by atoms with van der Waals surface area (Å²) in [5.41, 5.74) is 5.70. The van der Waals surface area contributed by atoms with Crippen LogP contribution < -0.4 is 4.89 Å². The molecule has 0 aliphatic heterocycles. The molecule has 0 heterocycles. The van der Waals surface area contributed by atoms with E-state index in [1.165, 1.54) is 12.7 Å². The second kappa shape index (κ2) is 14.9. The van der Waals surface area contributed by atoms with Gasteiger partial charge in [-0.25, -0.2) is 4.99 Å². The van der Waals surface area contributed by atoms with Gasteiger partial charge < -0.3 is 4.89 Å². The third-order valence-corrected chi connectivity index (χ3v) is 5.25. The Labute approximate surface area is 208 Å². The average molecular weight is 478 g/mol. The topological polar surface area (TPSA) is 40.0 Å². The minimum atomic E-state index is 0.613. The van der Waals surface area contributed by atoms with Gasteiger partial charge in [0.2, 0.25) is 0 Å². The minimum Gasteiger partial charge on any atom is -0.308 e. The van der Waals surface area contributed by atoms with Crippen LogP contribution >= 0.6 is 11.6 Å². The van der Waals surface area contributed by atoms with Crippen LogP contribution in [0.4, 0.5) is 0 Å². The van der Waals surface area contributed by atoms with E-state index in [0.717, 1.165) is 47.4 Å². The summed E-state index contributed by atoms with van der Waals surface area (Å²) >= 11 is 6.14. The summed E-state index contributed by atoms with van der Waals surface area (Å²) in [7, 11) is 1.41. The molecule has 0 amide bonds. The fourth-order valence-corrected chi connectivity index (χ4v) is 3.24. The normalized spacial score (nSPS) is 12.8. The summed E-state index contributed by atoms with van der Waals surface area (Å²) in [6.07, 6.45) is 12.1. The quantitative estimate of drug-likeness (QED) is 0.127. The third-order valence-electron chi connectivity index (χ3n) is 4.92. The molecule has 2 aromatic rings. The monoisotopic (exact) mass is 477 g/mol. The standard InChI is InChI=1S/C29H32ClNO3/c1-6-26(30)21-28(22(3)4)31-27(7-2)19-18-24-13-10-12-23(20-24)14-11-16-25-15-8-9-17-29(25)33-34-32-5/h6-10,12-13,15,17-21H,2-3,11,14,16H2,1,4-5H3/b19-18+,26-6+,28-21+,31-27-. The van der Waals surface area contributed by atoms with Gasteiger partial charge in [-0.2, -0.15) is 4.89 Å². The lowest BCUT2D eigenvalue weighted by atomic mass is 10.0. The maximum Gasteiger partial charge on any atom is 0.171 e. The van der Waals surface area contributed by atoms with Crippen LogP contribution in [0.1, 0.15) is 37.0 Å². The van der Waals surface area contributed by atoms with Crippen LogP contribution in [-0.2, 0) is 22.8 Å². The van der Waals surface area contributed by atoms with Crippen molar-refractivity contribution in [1.82, 2.24) is 0 Å². The molecule has 2 aromatic carbocycles. The number of rotatable bonds is 13. The van der Waals surface area contributed by atoms with E-state index in [9.17, 15) is 0 Å². The number of aryl methyl sites for hydroxylation is 2. The molecule has 0 spiro atoms. The zero-order valence-corrected chi connectivity index (χ0v) is 20.8. The van der Waals surface area contributed by atoms with E-state index in [2.05, 4.69) is 52.3 Å². The number of para-hydroxylation sites is 1. The summed E-state index contributed by atoms with van der Waals surface area (Å²) in [6, 6.07) is 16.2.